The van der Waals surface area contributed by atoms with Crippen molar-refractivity contribution >= 4 is 11.6 Å². The predicted molar refractivity (Wildman–Crippen MR) is 79.6 cm³/mol. The molecule has 1 saturated heterocycles. The average Bonchev–Trinajstić information content (AvgIpc) is 2.70. The molecule has 2 atom stereocenters. The number of nitrogens with one attached hydrogen (secondary N) is 1. The molecule has 1 aromatic rings. The molecule has 1 fully saturated rings. The number of halogens is 1. The third-order valence-corrected chi connectivity index (χ3v) is 4.38. The molecule has 1 aromatic heterocycles. The van der Waals surface area contributed by atoms with E-state index in [0.29, 0.717) is 12.1 Å². The zero-order valence-corrected chi connectivity index (χ0v) is 13.2. The first-order chi connectivity index (χ1) is 9.06. The van der Waals surface area contributed by atoms with Gasteiger partial charge in [-0.2, -0.15) is 5.10 Å². The van der Waals surface area contributed by atoms with Crippen molar-refractivity contribution in [3.05, 3.63) is 16.4 Å². The molecular weight excluding hydrogens is 260 g/mol. The highest BCUT2D eigenvalue weighted by molar-refractivity contribution is 6.31. The summed E-state index contributed by atoms with van der Waals surface area (Å²) >= 11 is 6.49. The van der Waals surface area contributed by atoms with Gasteiger partial charge in [-0.15, -0.1) is 0 Å². The van der Waals surface area contributed by atoms with Gasteiger partial charge in [0.15, 0.2) is 0 Å². The molecule has 5 heteroatoms. The lowest BCUT2D eigenvalue weighted by atomic mass is 10.1. The Hall–Kier alpha value is -0.580. The Morgan fingerprint density at radius 1 is 1.37 bits per heavy atom. The molecule has 1 aliphatic rings. The lowest BCUT2D eigenvalue weighted by Crippen LogP contribution is -2.53. The van der Waals surface area contributed by atoms with Crippen molar-refractivity contribution in [3.63, 3.8) is 0 Å². The first kappa shape index (κ1) is 14.8. The van der Waals surface area contributed by atoms with Crippen LogP contribution in [0.15, 0.2) is 0 Å². The highest BCUT2D eigenvalue weighted by Crippen LogP contribution is 2.24. The van der Waals surface area contributed by atoms with Crippen LogP contribution in [0.25, 0.3) is 0 Å². The third-order valence-electron chi connectivity index (χ3n) is 3.94. The molecule has 1 aliphatic heterocycles. The lowest BCUT2D eigenvalue weighted by Gasteiger charge is -2.37. The largest absolute Gasteiger partial charge is 0.311 e. The Morgan fingerprint density at radius 2 is 2.11 bits per heavy atom. The van der Waals surface area contributed by atoms with Crippen molar-refractivity contribution in [1.29, 1.82) is 0 Å². The molecule has 2 heterocycles. The first-order valence-electron chi connectivity index (χ1n) is 7.28. The lowest BCUT2D eigenvalue weighted by molar-refractivity contribution is 0.135. The summed E-state index contributed by atoms with van der Waals surface area (Å²) in [6.45, 7) is 12.6. The van der Waals surface area contributed by atoms with Gasteiger partial charge >= 0.3 is 0 Å². The molecule has 0 saturated carbocycles. The molecule has 0 amide bonds. The summed E-state index contributed by atoms with van der Waals surface area (Å²) in [6.07, 6.45) is 0.895. The molecule has 0 bridgehead atoms. The van der Waals surface area contributed by atoms with E-state index < -0.39 is 0 Å². The van der Waals surface area contributed by atoms with Gasteiger partial charge in [-0.25, -0.2) is 0 Å². The minimum absolute atomic E-state index is 0.539. The summed E-state index contributed by atoms with van der Waals surface area (Å²) in [4.78, 5) is 2.50. The van der Waals surface area contributed by atoms with Gasteiger partial charge in [-0.05, 0) is 27.2 Å². The average molecular weight is 285 g/mol. The van der Waals surface area contributed by atoms with Gasteiger partial charge in [0.25, 0.3) is 0 Å². The maximum atomic E-state index is 6.49. The zero-order chi connectivity index (χ0) is 14.0. The van der Waals surface area contributed by atoms with Crippen LogP contribution in [0.1, 0.15) is 39.1 Å². The maximum Gasteiger partial charge on any atom is 0.0863 e. The molecule has 2 unspecified atom stereocenters. The van der Waals surface area contributed by atoms with Crippen LogP contribution < -0.4 is 5.32 Å². The second kappa shape index (κ2) is 6.25. The van der Waals surface area contributed by atoms with Gasteiger partial charge in [0, 0.05) is 38.3 Å². The summed E-state index contributed by atoms with van der Waals surface area (Å²) in [5, 5.41) is 8.97. The van der Waals surface area contributed by atoms with Crippen LogP contribution >= 0.6 is 11.6 Å². The van der Waals surface area contributed by atoms with Gasteiger partial charge in [0.05, 0.1) is 16.4 Å². The normalized spacial score (nSPS) is 24.9. The number of hydrogen-bond donors (Lipinski definition) is 1. The smallest absolute Gasteiger partial charge is 0.0863 e. The van der Waals surface area contributed by atoms with E-state index in [1.54, 1.807) is 0 Å². The molecule has 19 heavy (non-hydrogen) atoms. The molecular formula is C14H25ClN4. The monoisotopic (exact) mass is 284 g/mol. The molecule has 0 radical (unpaired) electrons. The minimum Gasteiger partial charge on any atom is -0.311 e. The van der Waals surface area contributed by atoms with Crippen molar-refractivity contribution in [2.24, 2.45) is 0 Å². The Morgan fingerprint density at radius 3 is 2.74 bits per heavy atom. The third kappa shape index (κ3) is 3.12. The Labute approximate surface area is 121 Å². The fourth-order valence-corrected chi connectivity index (χ4v) is 3.01. The summed E-state index contributed by atoms with van der Waals surface area (Å²) < 4.78 is 2.06. The van der Waals surface area contributed by atoms with E-state index >= 15 is 0 Å². The number of nitrogens with zero attached hydrogens (tertiary/aromatic N) is 3. The summed E-state index contributed by atoms with van der Waals surface area (Å²) in [5.74, 6) is 0. The minimum atomic E-state index is 0.539. The van der Waals surface area contributed by atoms with Crippen molar-refractivity contribution in [1.82, 2.24) is 20.0 Å². The van der Waals surface area contributed by atoms with Crippen LogP contribution in [-0.4, -0.2) is 39.9 Å². The second-order valence-electron chi connectivity index (χ2n) is 5.46. The van der Waals surface area contributed by atoms with E-state index in [0.717, 1.165) is 43.3 Å². The SMILES string of the molecule is CCc1nn(CC)c(CN2CC(C)NCC2C)c1Cl. The van der Waals surface area contributed by atoms with Crippen molar-refractivity contribution in [3.8, 4) is 0 Å². The summed E-state index contributed by atoms with van der Waals surface area (Å²) in [5.41, 5.74) is 2.19. The molecule has 1 N–H and O–H groups in total. The van der Waals surface area contributed by atoms with Gasteiger partial charge in [-0.1, -0.05) is 18.5 Å². The highest BCUT2D eigenvalue weighted by Gasteiger charge is 2.25. The van der Waals surface area contributed by atoms with Crippen molar-refractivity contribution in [2.75, 3.05) is 13.1 Å². The molecule has 108 valence electrons. The van der Waals surface area contributed by atoms with E-state index in [-0.39, 0.29) is 0 Å². The Bertz CT molecular complexity index is 429. The zero-order valence-electron chi connectivity index (χ0n) is 12.4. The summed E-state index contributed by atoms with van der Waals surface area (Å²) in [7, 11) is 0. The number of aromatic nitrogens is 2. The van der Waals surface area contributed by atoms with E-state index in [1.807, 2.05) is 0 Å². The molecule has 2 rings (SSSR count). The first-order valence-corrected chi connectivity index (χ1v) is 7.66. The molecule has 0 aliphatic carbocycles. The topological polar surface area (TPSA) is 33.1 Å². The Balaban J connectivity index is 2.19. The van der Waals surface area contributed by atoms with E-state index in [9.17, 15) is 0 Å². The standard InChI is InChI=1S/C14H25ClN4/c1-5-12-14(15)13(19(6-2)17-12)9-18-8-10(3)16-7-11(18)4/h10-11,16H,5-9H2,1-4H3. The van der Waals surface area contributed by atoms with Crippen LogP contribution in [0.5, 0.6) is 0 Å². The maximum absolute atomic E-state index is 6.49. The van der Waals surface area contributed by atoms with Gasteiger partial charge < -0.3 is 5.32 Å². The van der Waals surface area contributed by atoms with E-state index in [4.69, 9.17) is 11.6 Å². The van der Waals surface area contributed by atoms with Crippen LogP contribution in [0.2, 0.25) is 5.02 Å². The fourth-order valence-electron chi connectivity index (χ4n) is 2.68. The van der Waals surface area contributed by atoms with Gasteiger partial charge in [0.1, 0.15) is 0 Å². The van der Waals surface area contributed by atoms with Crippen LogP contribution in [-0.2, 0) is 19.5 Å². The van der Waals surface area contributed by atoms with E-state index in [1.165, 1.54) is 5.69 Å². The van der Waals surface area contributed by atoms with Crippen LogP contribution in [0.3, 0.4) is 0 Å². The van der Waals surface area contributed by atoms with E-state index in [2.05, 4.69) is 47.7 Å². The van der Waals surface area contributed by atoms with Gasteiger partial charge in [0.2, 0.25) is 0 Å². The van der Waals surface area contributed by atoms with Crippen molar-refractivity contribution < 1.29 is 0 Å². The highest BCUT2D eigenvalue weighted by atomic mass is 35.5. The fraction of sp³-hybridized carbons (Fsp3) is 0.786. The predicted octanol–water partition coefficient (Wildman–Crippen LogP) is 2.30. The molecule has 0 aromatic carbocycles. The van der Waals surface area contributed by atoms with Crippen LogP contribution in [0.4, 0.5) is 0 Å². The molecule has 4 nitrogen and oxygen atoms in total. The quantitative estimate of drug-likeness (QED) is 0.921. The number of hydrogen-bond acceptors (Lipinski definition) is 3. The Kier molecular flexibility index (Phi) is 4.87. The summed E-state index contributed by atoms with van der Waals surface area (Å²) in [6, 6.07) is 1.08. The number of aryl methyl sites for hydroxylation is 2. The molecule has 0 spiro atoms. The van der Waals surface area contributed by atoms with Gasteiger partial charge in [-0.3, -0.25) is 9.58 Å². The van der Waals surface area contributed by atoms with Crippen LogP contribution in [0, 0.1) is 0 Å². The van der Waals surface area contributed by atoms with Crippen molar-refractivity contribution in [2.45, 2.75) is 59.3 Å². The number of rotatable bonds is 4. The second-order valence-corrected chi connectivity index (χ2v) is 5.84. The number of piperazine rings is 1.